The predicted octanol–water partition coefficient (Wildman–Crippen LogP) is 3.03. The Bertz CT molecular complexity index is 531. The van der Waals surface area contributed by atoms with Crippen molar-refractivity contribution in [1.29, 1.82) is 0 Å². The Kier molecular flexibility index (Phi) is 4.07. The summed E-state index contributed by atoms with van der Waals surface area (Å²) in [4.78, 5) is 0. The molecule has 94 valence electrons. The van der Waals surface area contributed by atoms with Gasteiger partial charge < -0.3 is 15.6 Å². The maximum absolute atomic E-state index is 9.96. The topological polar surface area (TPSA) is 55.5 Å². The van der Waals surface area contributed by atoms with Crippen LogP contribution in [-0.4, -0.2) is 11.7 Å². The fraction of sp³-hybridized carbons (Fsp3) is 0.143. The Balaban J connectivity index is 1.98. The predicted molar refractivity (Wildman–Crippen MR) is 72.8 cm³/mol. The summed E-state index contributed by atoms with van der Waals surface area (Å²) in [7, 11) is 0. The molecule has 0 amide bonds. The van der Waals surface area contributed by atoms with Crippen molar-refractivity contribution in [3.63, 3.8) is 0 Å². The van der Waals surface area contributed by atoms with Crippen LogP contribution >= 0.6 is 11.6 Å². The van der Waals surface area contributed by atoms with E-state index in [2.05, 4.69) is 0 Å². The van der Waals surface area contributed by atoms with Gasteiger partial charge in [-0.2, -0.15) is 0 Å². The van der Waals surface area contributed by atoms with Crippen molar-refractivity contribution in [2.24, 2.45) is 0 Å². The van der Waals surface area contributed by atoms with Gasteiger partial charge in [0.05, 0.1) is 0 Å². The first-order valence-corrected chi connectivity index (χ1v) is 5.95. The van der Waals surface area contributed by atoms with Gasteiger partial charge in [-0.1, -0.05) is 29.8 Å². The summed E-state index contributed by atoms with van der Waals surface area (Å²) in [5, 5.41) is 10.6. The van der Waals surface area contributed by atoms with Gasteiger partial charge in [-0.25, -0.2) is 0 Å². The average Bonchev–Trinajstić information content (AvgIpc) is 2.36. The molecule has 0 heterocycles. The molecular weight excluding hydrogens is 250 g/mol. The second-order valence-electron chi connectivity index (χ2n) is 3.95. The van der Waals surface area contributed by atoms with E-state index in [0.717, 1.165) is 5.56 Å². The van der Waals surface area contributed by atoms with Crippen LogP contribution in [0.5, 0.6) is 5.75 Å². The lowest BCUT2D eigenvalue weighted by atomic mass is 10.1. The first-order valence-electron chi connectivity index (χ1n) is 5.57. The van der Waals surface area contributed by atoms with Crippen LogP contribution in [-0.2, 0) is 0 Å². The average molecular weight is 264 g/mol. The number of benzene rings is 2. The lowest BCUT2D eigenvalue weighted by Crippen LogP contribution is -2.09. The third-order valence-corrected chi connectivity index (χ3v) is 2.73. The molecule has 1 atom stereocenters. The first-order chi connectivity index (χ1) is 8.65. The standard InChI is InChI=1S/C14H14ClNO2/c15-11-4-2-6-13(8-11)18-9-14(17)10-3-1-5-12(16)7-10/h1-8,14,17H,9,16H2. The van der Waals surface area contributed by atoms with Crippen LogP contribution in [0.2, 0.25) is 5.02 Å². The third-order valence-electron chi connectivity index (χ3n) is 2.50. The molecule has 2 aromatic rings. The van der Waals surface area contributed by atoms with E-state index in [1.165, 1.54) is 0 Å². The molecule has 0 fully saturated rings. The molecule has 0 saturated carbocycles. The second-order valence-corrected chi connectivity index (χ2v) is 4.39. The number of rotatable bonds is 4. The van der Waals surface area contributed by atoms with Crippen LogP contribution in [0.1, 0.15) is 11.7 Å². The summed E-state index contributed by atoms with van der Waals surface area (Å²) >= 11 is 5.84. The third kappa shape index (κ3) is 3.39. The van der Waals surface area contributed by atoms with Crippen LogP contribution in [0.3, 0.4) is 0 Å². The lowest BCUT2D eigenvalue weighted by molar-refractivity contribution is 0.108. The van der Waals surface area contributed by atoms with Crippen molar-refractivity contribution in [3.05, 3.63) is 59.1 Å². The van der Waals surface area contributed by atoms with E-state index in [9.17, 15) is 5.11 Å². The van der Waals surface area contributed by atoms with Crippen LogP contribution < -0.4 is 10.5 Å². The second kappa shape index (κ2) is 5.76. The van der Waals surface area contributed by atoms with Gasteiger partial charge in [0.2, 0.25) is 0 Å². The first kappa shape index (κ1) is 12.7. The van der Waals surface area contributed by atoms with Gasteiger partial charge in [0.25, 0.3) is 0 Å². The lowest BCUT2D eigenvalue weighted by Gasteiger charge is -2.13. The molecule has 3 nitrogen and oxygen atoms in total. The zero-order valence-corrected chi connectivity index (χ0v) is 10.5. The van der Waals surface area contributed by atoms with Crippen LogP contribution in [0.25, 0.3) is 0 Å². The maximum atomic E-state index is 9.96. The Morgan fingerprint density at radius 2 is 1.94 bits per heavy atom. The molecule has 0 saturated heterocycles. The molecule has 0 aliphatic heterocycles. The molecule has 4 heteroatoms. The van der Waals surface area contributed by atoms with E-state index >= 15 is 0 Å². The minimum atomic E-state index is -0.715. The monoisotopic (exact) mass is 263 g/mol. The highest BCUT2D eigenvalue weighted by molar-refractivity contribution is 6.30. The van der Waals surface area contributed by atoms with Crippen LogP contribution in [0.4, 0.5) is 5.69 Å². The van der Waals surface area contributed by atoms with Gasteiger partial charge in [0, 0.05) is 10.7 Å². The molecule has 3 N–H and O–H groups in total. The maximum Gasteiger partial charge on any atom is 0.120 e. The zero-order valence-electron chi connectivity index (χ0n) is 9.71. The van der Waals surface area contributed by atoms with Gasteiger partial charge in [0.15, 0.2) is 0 Å². The summed E-state index contributed by atoms with van der Waals surface area (Å²) in [6.07, 6.45) is -0.715. The Morgan fingerprint density at radius 1 is 1.17 bits per heavy atom. The number of nitrogen functional groups attached to an aromatic ring is 1. The van der Waals surface area contributed by atoms with Gasteiger partial charge >= 0.3 is 0 Å². The van der Waals surface area contributed by atoms with E-state index < -0.39 is 6.10 Å². The van der Waals surface area contributed by atoms with Gasteiger partial charge in [-0.05, 0) is 35.9 Å². The smallest absolute Gasteiger partial charge is 0.120 e. The summed E-state index contributed by atoms with van der Waals surface area (Å²) < 4.78 is 5.47. The molecule has 0 aliphatic rings. The van der Waals surface area contributed by atoms with Crippen molar-refractivity contribution in [3.8, 4) is 5.75 Å². The number of hydrogen-bond acceptors (Lipinski definition) is 3. The molecule has 0 aliphatic carbocycles. The fourth-order valence-corrected chi connectivity index (χ4v) is 1.77. The zero-order chi connectivity index (χ0) is 13.0. The summed E-state index contributed by atoms with van der Waals surface area (Å²) in [6, 6.07) is 14.2. The van der Waals surface area contributed by atoms with Crippen molar-refractivity contribution in [2.75, 3.05) is 12.3 Å². The number of hydrogen-bond donors (Lipinski definition) is 2. The number of aliphatic hydroxyl groups is 1. The van der Waals surface area contributed by atoms with Gasteiger partial charge in [-0.3, -0.25) is 0 Å². The normalized spacial score (nSPS) is 12.1. The fourth-order valence-electron chi connectivity index (χ4n) is 1.59. The summed E-state index contributed by atoms with van der Waals surface area (Å²) in [6.45, 7) is 0.157. The molecule has 18 heavy (non-hydrogen) atoms. The van der Waals surface area contributed by atoms with Gasteiger partial charge in [0.1, 0.15) is 18.5 Å². The van der Waals surface area contributed by atoms with Gasteiger partial charge in [-0.15, -0.1) is 0 Å². The Hall–Kier alpha value is -1.71. The Morgan fingerprint density at radius 3 is 2.67 bits per heavy atom. The molecule has 2 aromatic carbocycles. The van der Waals surface area contributed by atoms with Crippen molar-refractivity contribution < 1.29 is 9.84 Å². The minimum absolute atomic E-state index is 0.157. The number of ether oxygens (including phenoxy) is 1. The SMILES string of the molecule is Nc1cccc(C(O)COc2cccc(Cl)c2)c1. The summed E-state index contributed by atoms with van der Waals surface area (Å²) in [5.41, 5.74) is 7.01. The molecule has 0 bridgehead atoms. The quantitative estimate of drug-likeness (QED) is 0.834. The molecule has 2 rings (SSSR count). The number of halogens is 1. The van der Waals surface area contributed by atoms with Crippen molar-refractivity contribution in [1.82, 2.24) is 0 Å². The number of nitrogens with two attached hydrogens (primary N) is 1. The molecule has 0 radical (unpaired) electrons. The van der Waals surface area contributed by atoms with E-state index in [0.29, 0.717) is 16.5 Å². The molecule has 0 aromatic heterocycles. The van der Waals surface area contributed by atoms with E-state index in [-0.39, 0.29) is 6.61 Å². The van der Waals surface area contributed by atoms with E-state index in [4.69, 9.17) is 22.1 Å². The Labute approximate surface area is 111 Å². The van der Waals surface area contributed by atoms with E-state index in [1.54, 1.807) is 42.5 Å². The highest BCUT2D eigenvalue weighted by Gasteiger charge is 2.08. The molecular formula is C14H14ClNO2. The van der Waals surface area contributed by atoms with Crippen LogP contribution in [0.15, 0.2) is 48.5 Å². The van der Waals surface area contributed by atoms with Crippen molar-refractivity contribution in [2.45, 2.75) is 6.10 Å². The van der Waals surface area contributed by atoms with Crippen LogP contribution in [0, 0.1) is 0 Å². The van der Waals surface area contributed by atoms with E-state index in [1.807, 2.05) is 6.07 Å². The highest BCUT2D eigenvalue weighted by Crippen LogP contribution is 2.20. The largest absolute Gasteiger partial charge is 0.490 e. The summed E-state index contributed by atoms with van der Waals surface area (Å²) in [5.74, 6) is 0.630. The molecule has 0 spiro atoms. The highest BCUT2D eigenvalue weighted by atomic mass is 35.5. The number of anilines is 1. The minimum Gasteiger partial charge on any atom is -0.490 e. The molecule has 1 unspecified atom stereocenters. The number of aliphatic hydroxyl groups excluding tert-OH is 1. The van der Waals surface area contributed by atoms with Crippen molar-refractivity contribution >= 4 is 17.3 Å².